The molecule has 2 heterocycles. The highest BCUT2D eigenvalue weighted by molar-refractivity contribution is 7.99. The van der Waals surface area contributed by atoms with E-state index in [1.54, 1.807) is 13.2 Å². The molecule has 32 heavy (non-hydrogen) atoms. The molecule has 0 aliphatic rings. The first-order chi connectivity index (χ1) is 15.4. The van der Waals surface area contributed by atoms with E-state index < -0.39 is 0 Å². The molecule has 0 bridgehead atoms. The van der Waals surface area contributed by atoms with Gasteiger partial charge in [0, 0.05) is 0 Å². The fourth-order valence-corrected chi connectivity index (χ4v) is 5.14. The lowest BCUT2D eigenvalue weighted by Crippen LogP contribution is -2.16. The van der Waals surface area contributed by atoms with E-state index in [4.69, 9.17) is 17.0 Å². The predicted octanol–water partition coefficient (Wildman–Crippen LogP) is 4.86. The number of para-hydroxylation sites is 1. The molecule has 7 nitrogen and oxygen atoms in total. The minimum atomic E-state index is -0.276. The lowest BCUT2D eigenvalue weighted by atomic mass is 10.2. The normalized spacial score (nSPS) is 11.0. The Morgan fingerprint density at radius 1 is 1.28 bits per heavy atom. The van der Waals surface area contributed by atoms with Crippen LogP contribution < -0.4 is 15.6 Å². The number of methoxy groups -OCH3 is 1. The van der Waals surface area contributed by atoms with Crippen LogP contribution in [-0.2, 0) is 4.79 Å². The number of nitrogens with one attached hydrogen (secondary N) is 2. The van der Waals surface area contributed by atoms with Gasteiger partial charge in [0.15, 0.2) is 14.8 Å². The third-order valence-corrected chi connectivity index (χ3v) is 6.98. The van der Waals surface area contributed by atoms with E-state index in [2.05, 4.69) is 15.3 Å². The number of H-pyrrole nitrogens is 1. The quantitative estimate of drug-likeness (QED) is 0.231. The number of rotatable bonds is 6. The van der Waals surface area contributed by atoms with Crippen molar-refractivity contribution in [2.75, 3.05) is 18.2 Å². The molecule has 0 spiro atoms. The number of amides is 1. The van der Waals surface area contributed by atoms with Gasteiger partial charge >= 0.3 is 0 Å². The highest BCUT2D eigenvalue weighted by Gasteiger charge is 2.16. The van der Waals surface area contributed by atoms with Gasteiger partial charge in [0.1, 0.15) is 10.4 Å². The topological polar surface area (TPSA) is 89.0 Å². The third kappa shape index (κ3) is 4.47. The van der Waals surface area contributed by atoms with Gasteiger partial charge in [0.05, 0.1) is 24.2 Å². The minimum Gasteiger partial charge on any atom is -0.495 e. The Morgan fingerprint density at radius 2 is 2.06 bits per heavy atom. The summed E-state index contributed by atoms with van der Waals surface area (Å²) in [4.78, 5) is 32.5. The van der Waals surface area contributed by atoms with Crippen molar-refractivity contribution in [2.45, 2.75) is 19.0 Å². The number of nitrogens with zero attached hydrogens (tertiary/aromatic N) is 2. The molecule has 0 unspecified atom stereocenters. The van der Waals surface area contributed by atoms with Crippen molar-refractivity contribution in [1.29, 1.82) is 0 Å². The summed E-state index contributed by atoms with van der Waals surface area (Å²) in [6, 6.07) is 13.3. The van der Waals surface area contributed by atoms with Crippen LogP contribution in [0.25, 0.3) is 16.0 Å². The summed E-state index contributed by atoms with van der Waals surface area (Å²) in [5.74, 6) is 0.418. The second-order valence-corrected chi connectivity index (χ2v) is 9.66. The summed E-state index contributed by atoms with van der Waals surface area (Å²) in [5.41, 5.74) is 3.71. The van der Waals surface area contributed by atoms with Gasteiger partial charge in [-0.3, -0.25) is 14.2 Å². The Hall–Kier alpha value is -2.95. The van der Waals surface area contributed by atoms with Crippen molar-refractivity contribution in [2.24, 2.45) is 0 Å². The summed E-state index contributed by atoms with van der Waals surface area (Å²) in [6.45, 7) is 3.92. The van der Waals surface area contributed by atoms with Gasteiger partial charge < -0.3 is 15.0 Å². The van der Waals surface area contributed by atoms with Crippen LogP contribution in [0.15, 0.2) is 52.4 Å². The van der Waals surface area contributed by atoms with Gasteiger partial charge in [0.25, 0.3) is 5.56 Å². The van der Waals surface area contributed by atoms with Crippen LogP contribution in [0, 0.1) is 17.8 Å². The first-order valence-corrected chi connectivity index (χ1v) is 11.9. The monoisotopic (exact) mass is 484 g/mol. The molecule has 2 aromatic carbocycles. The molecule has 0 aliphatic heterocycles. The van der Waals surface area contributed by atoms with E-state index in [-0.39, 0.29) is 17.2 Å². The lowest BCUT2D eigenvalue weighted by Gasteiger charge is -2.11. The van der Waals surface area contributed by atoms with Gasteiger partial charge in [-0.25, -0.2) is 4.98 Å². The van der Waals surface area contributed by atoms with E-state index in [1.165, 1.54) is 11.3 Å². The maximum atomic E-state index is 12.7. The van der Waals surface area contributed by atoms with Gasteiger partial charge in [0.2, 0.25) is 5.91 Å². The zero-order chi connectivity index (χ0) is 22.8. The minimum absolute atomic E-state index is 0.0702. The van der Waals surface area contributed by atoms with E-state index in [0.717, 1.165) is 28.6 Å². The van der Waals surface area contributed by atoms with Crippen molar-refractivity contribution in [3.63, 3.8) is 0 Å². The van der Waals surface area contributed by atoms with E-state index in [1.807, 2.05) is 54.8 Å². The maximum absolute atomic E-state index is 12.7. The molecule has 0 atom stereocenters. The highest BCUT2D eigenvalue weighted by Crippen LogP contribution is 2.27. The molecular formula is C22H20N4O3S3. The second-order valence-electron chi connectivity index (χ2n) is 7.05. The molecule has 4 rings (SSSR count). The molecule has 0 fully saturated rings. The van der Waals surface area contributed by atoms with Crippen molar-refractivity contribution in [3.05, 3.63) is 67.9 Å². The second kappa shape index (κ2) is 9.27. The molecule has 0 saturated heterocycles. The summed E-state index contributed by atoms with van der Waals surface area (Å²) in [7, 11) is 1.55. The number of ether oxygens (including phenoxy) is 1. The Morgan fingerprint density at radius 3 is 2.81 bits per heavy atom. The molecule has 164 valence electrons. The number of hydrogen-bond acceptors (Lipinski definition) is 7. The molecule has 2 N–H and O–H groups in total. The number of hydrogen-bond donors (Lipinski definition) is 2. The summed E-state index contributed by atoms with van der Waals surface area (Å²) < 4.78 is 8.11. The Balaban J connectivity index is 1.61. The summed E-state index contributed by atoms with van der Waals surface area (Å²) in [6.07, 6.45) is 0. The van der Waals surface area contributed by atoms with Gasteiger partial charge in [-0.1, -0.05) is 47.4 Å². The summed E-state index contributed by atoms with van der Waals surface area (Å²) in [5, 5.41) is 3.20. The number of fused-ring (bicyclic) bond motifs is 1. The van der Waals surface area contributed by atoms with Crippen LogP contribution in [0.3, 0.4) is 0 Å². The van der Waals surface area contributed by atoms with Crippen LogP contribution >= 0.6 is 35.3 Å². The molecule has 10 heteroatoms. The zero-order valence-electron chi connectivity index (χ0n) is 17.6. The Labute approximate surface area is 197 Å². The molecule has 1 amide bonds. The molecule has 0 aliphatic carbocycles. The standard InChI is InChI=1S/C22H20N4O3S3/c1-12-8-9-16(29-3)14(10-12)23-17(27)11-31-21-24-19-18(20(28)25-21)32-22(30)26(19)15-7-5-4-6-13(15)2/h4-10H,11H2,1-3H3,(H,23,27)(H,24,25,28). The third-order valence-electron chi connectivity index (χ3n) is 4.75. The fourth-order valence-electron chi connectivity index (χ4n) is 3.23. The average Bonchev–Trinajstić information content (AvgIpc) is 3.09. The zero-order valence-corrected chi connectivity index (χ0v) is 20.0. The highest BCUT2D eigenvalue weighted by atomic mass is 32.2. The number of anilines is 1. The molecule has 0 radical (unpaired) electrons. The fraction of sp³-hybridized carbons (Fsp3) is 0.182. The first kappa shape index (κ1) is 22.3. The van der Waals surface area contributed by atoms with Crippen LogP contribution in [-0.4, -0.2) is 33.3 Å². The van der Waals surface area contributed by atoms with Crippen LogP contribution in [0.1, 0.15) is 11.1 Å². The number of benzene rings is 2. The van der Waals surface area contributed by atoms with Gasteiger partial charge in [-0.15, -0.1) is 0 Å². The number of aryl methyl sites for hydroxylation is 2. The first-order valence-electron chi connectivity index (χ1n) is 9.66. The van der Waals surface area contributed by atoms with Crippen molar-refractivity contribution < 1.29 is 9.53 Å². The van der Waals surface area contributed by atoms with E-state index >= 15 is 0 Å². The molecule has 2 aromatic heterocycles. The van der Waals surface area contributed by atoms with E-state index in [0.29, 0.717) is 30.9 Å². The van der Waals surface area contributed by atoms with Crippen LogP contribution in [0.2, 0.25) is 0 Å². The number of thiazole rings is 1. The average molecular weight is 485 g/mol. The number of aromatic nitrogens is 3. The lowest BCUT2D eigenvalue weighted by molar-refractivity contribution is -0.113. The number of thioether (sulfide) groups is 1. The largest absolute Gasteiger partial charge is 0.495 e. The Bertz CT molecular complexity index is 1440. The SMILES string of the molecule is COc1ccc(C)cc1NC(=O)CSc1nc2c(sc(=S)n2-c2ccccc2C)c(=O)[nH]1. The summed E-state index contributed by atoms with van der Waals surface area (Å²) >= 11 is 7.88. The Kier molecular flexibility index (Phi) is 6.45. The number of carbonyl (C=O) groups excluding carboxylic acids is 1. The van der Waals surface area contributed by atoms with Gasteiger partial charge in [-0.2, -0.15) is 0 Å². The van der Waals surface area contributed by atoms with Crippen LogP contribution in [0.5, 0.6) is 5.75 Å². The smallest absolute Gasteiger partial charge is 0.271 e. The van der Waals surface area contributed by atoms with Crippen molar-refractivity contribution in [1.82, 2.24) is 14.5 Å². The molecular weight excluding hydrogens is 464 g/mol. The molecule has 0 saturated carbocycles. The van der Waals surface area contributed by atoms with Crippen molar-refractivity contribution in [3.8, 4) is 11.4 Å². The van der Waals surface area contributed by atoms with Crippen LogP contribution in [0.4, 0.5) is 5.69 Å². The number of carbonyl (C=O) groups is 1. The van der Waals surface area contributed by atoms with Gasteiger partial charge in [-0.05, 0) is 55.4 Å². The van der Waals surface area contributed by atoms with E-state index in [9.17, 15) is 9.59 Å². The van der Waals surface area contributed by atoms with Crippen molar-refractivity contribution >= 4 is 57.3 Å². The number of aromatic amines is 1. The predicted molar refractivity (Wildman–Crippen MR) is 132 cm³/mol. The molecule has 4 aromatic rings. The maximum Gasteiger partial charge on any atom is 0.271 e.